The summed E-state index contributed by atoms with van der Waals surface area (Å²) in [5, 5.41) is 7.42. The van der Waals surface area contributed by atoms with Gasteiger partial charge in [-0.2, -0.15) is 0 Å². The monoisotopic (exact) mass is 615 g/mol. The normalized spacial score (nSPS) is 14.4. The van der Waals surface area contributed by atoms with Gasteiger partial charge in [0.05, 0.1) is 0 Å². The lowest BCUT2D eigenvalue weighted by Gasteiger charge is -2.18. The van der Waals surface area contributed by atoms with E-state index in [4.69, 9.17) is 19.4 Å². The van der Waals surface area contributed by atoms with Gasteiger partial charge in [0.15, 0.2) is 17.5 Å². The van der Waals surface area contributed by atoms with E-state index in [9.17, 15) is 0 Å². The molecule has 10 rings (SSSR count). The van der Waals surface area contributed by atoms with Crippen molar-refractivity contribution in [3.8, 4) is 45.3 Å². The first-order valence-electron chi connectivity index (χ1n) is 16.5. The molecular formula is C44H29N3O. The molecule has 0 saturated heterocycles. The summed E-state index contributed by atoms with van der Waals surface area (Å²) >= 11 is 0. The number of allylic oxidation sites excluding steroid dienone is 1. The summed E-state index contributed by atoms with van der Waals surface area (Å²) in [5.41, 5.74) is 9.49. The van der Waals surface area contributed by atoms with Gasteiger partial charge in [0, 0.05) is 33.0 Å². The second-order valence-corrected chi connectivity index (χ2v) is 12.9. The van der Waals surface area contributed by atoms with Crippen LogP contribution in [-0.4, -0.2) is 15.0 Å². The Bertz CT molecular complexity index is 2650. The predicted molar refractivity (Wildman–Crippen MR) is 197 cm³/mol. The quantitative estimate of drug-likeness (QED) is 0.185. The van der Waals surface area contributed by atoms with E-state index in [2.05, 4.69) is 85.8 Å². The van der Waals surface area contributed by atoms with Gasteiger partial charge < -0.3 is 4.42 Å². The molecule has 1 atom stereocenters. The van der Waals surface area contributed by atoms with E-state index in [1.54, 1.807) is 0 Å². The van der Waals surface area contributed by atoms with Crippen LogP contribution in [0.1, 0.15) is 18.1 Å². The summed E-state index contributed by atoms with van der Waals surface area (Å²) < 4.78 is 6.76. The molecule has 2 heterocycles. The molecule has 0 fully saturated rings. The van der Waals surface area contributed by atoms with Gasteiger partial charge in [-0.05, 0) is 80.9 Å². The lowest BCUT2D eigenvalue weighted by atomic mass is 9.85. The molecule has 1 aliphatic rings. The number of furan rings is 1. The Kier molecular flexibility index (Phi) is 5.88. The molecule has 4 nitrogen and oxygen atoms in total. The first-order valence-corrected chi connectivity index (χ1v) is 16.5. The van der Waals surface area contributed by atoms with Gasteiger partial charge >= 0.3 is 0 Å². The highest BCUT2D eigenvalue weighted by Crippen LogP contribution is 2.46. The van der Waals surface area contributed by atoms with Crippen LogP contribution in [0.4, 0.5) is 0 Å². The van der Waals surface area contributed by atoms with Gasteiger partial charge in [-0.3, -0.25) is 0 Å². The summed E-state index contributed by atoms with van der Waals surface area (Å²) in [7, 11) is 0. The highest BCUT2D eigenvalue weighted by molar-refractivity contribution is 6.34. The third-order valence-electron chi connectivity index (χ3n) is 9.78. The van der Waals surface area contributed by atoms with E-state index in [0.717, 1.165) is 45.4 Å². The van der Waals surface area contributed by atoms with Crippen molar-refractivity contribution in [2.75, 3.05) is 0 Å². The van der Waals surface area contributed by atoms with Crippen LogP contribution in [0.2, 0.25) is 0 Å². The molecule has 2 aromatic heterocycles. The third-order valence-corrected chi connectivity index (χ3v) is 9.78. The SMILES string of the molecule is CC1C=Cc2cc3c(cc2C1)c1ccc(-c2cccc(-c4nc(-c5ccccc5)nc(-c5ccccc5)n4)c2)c2oc4cccc3c4c21. The Balaban J connectivity index is 1.17. The van der Waals surface area contributed by atoms with Crippen LogP contribution in [0.25, 0.3) is 94.8 Å². The van der Waals surface area contributed by atoms with Crippen molar-refractivity contribution in [2.45, 2.75) is 13.3 Å². The minimum atomic E-state index is 0.540. The highest BCUT2D eigenvalue weighted by atomic mass is 16.3. The number of aromatic nitrogens is 3. The molecule has 226 valence electrons. The van der Waals surface area contributed by atoms with Crippen LogP contribution in [0.3, 0.4) is 0 Å². The fourth-order valence-electron chi connectivity index (χ4n) is 7.48. The average molecular weight is 616 g/mol. The molecule has 1 unspecified atom stereocenters. The summed E-state index contributed by atoms with van der Waals surface area (Å²) in [6, 6.07) is 44.4. The fourth-order valence-corrected chi connectivity index (χ4v) is 7.48. The van der Waals surface area contributed by atoms with E-state index in [1.165, 1.54) is 43.4 Å². The van der Waals surface area contributed by atoms with Crippen molar-refractivity contribution < 1.29 is 4.42 Å². The fraction of sp³-hybridized carbons (Fsp3) is 0.0682. The average Bonchev–Trinajstić information content (AvgIpc) is 3.55. The minimum absolute atomic E-state index is 0.540. The zero-order valence-corrected chi connectivity index (χ0v) is 26.3. The van der Waals surface area contributed by atoms with Crippen molar-refractivity contribution in [3.05, 3.63) is 145 Å². The predicted octanol–water partition coefficient (Wildman–Crippen LogP) is 11.4. The maximum absolute atomic E-state index is 6.76. The van der Waals surface area contributed by atoms with Gasteiger partial charge in [-0.15, -0.1) is 0 Å². The number of hydrogen-bond donors (Lipinski definition) is 0. The molecule has 0 N–H and O–H groups in total. The molecule has 48 heavy (non-hydrogen) atoms. The Morgan fingerprint density at radius 3 is 1.92 bits per heavy atom. The summed E-state index contributed by atoms with van der Waals surface area (Å²) in [6.45, 7) is 2.29. The van der Waals surface area contributed by atoms with Gasteiger partial charge in [-0.1, -0.05) is 116 Å². The zero-order chi connectivity index (χ0) is 31.8. The van der Waals surface area contributed by atoms with Crippen LogP contribution in [-0.2, 0) is 6.42 Å². The zero-order valence-electron chi connectivity index (χ0n) is 26.3. The Morgan fingerprint density at radius 1 is 0.542 bits per heavy atom. The Hall–Kier alpha value is -6.13. The van der Waals surface area contributed by atoms with E-state index in [0.29, 0.717) is 23.4 Å². The van der Waals surface area contributed by atoms with Crippen molar-refractivity contribution in [2.24, 2.45) is 5.92 Å². The van der Waals surface area contributed by atoms with Crippen LogP contribution >= 0.6 is 0 Å². The maximum Gasteiger partial charge on any atom is 0.164 e. The number of fused-ring (bicyclic) bond motifs is 4. The van der Waals surface area contributed by atoms with Crippen molar-refractivity contribution in [1.29, 1.82) is 0 Å². The molecule has 0 saturated carbocycles. The van der Waals surface area contributed by atoms with Crippen molar-refractivity contribution >= 4 is 49.6 Å². The van der Waals surface area contributed by atoms with E-state index in [1.807, 2.05) is 60.7 Å². The van der Waals surface area contributed by atoms with Crippen molar-refractivity contribution in [1.82, 2.24) is 15.0 Å². The summed E-state index contributed by atoms with van der Waals surface area (Å²) in [6.07, 6.45) is 5.67. The van der Waals surface area contributed by atoms with E-state index < -0.39 is 0 Å². The number of rotatable bonds is 4. The lowest BCUT2D eigenvalue weighted by molar-refractivity contribution is 0.670. The molecule has 7 aromatic carbocycles. The standard InChI is InChI=1S/C44H29N3O/c1-26-18-19-29-24-36-34-16-9-17-38-39(34)40-35(37(36)25-32(29)22-26)21-20-33(41(40)48-38)30-14-8-15-31(23-30)44-46-42(27-10-4-2-5-11-27)45-43(47-44)28-12-6-3-7-13-28/h2-21,23-26H,22H2,1H3. The summed E-state index contributed by atoms with van der Waals surface area (Å²) in [5.74, 6) is 2.47. The van der Waals surface area contributed by atoms with E-state index >= 15 is 0 Å². The Labute approximate surface area is 277 Å². The number of nitrogens with zero attached hydrogens (tertiary/aromatic N) is 3. The van der Waals surface area contributed by atoms with Crippen LogP contribution in [0, 0.1) is 5.92 Å². The molecule has 0 amide bonds. The minimum Gasteiger partial charge on any atom is -0.455 e. The molecule has 0 radical (unpaired) electrons. The van der Waals surface area contributed by atoms with Gasteiger partial charge in [0.1, 0.15) is 11.2 Å². The molecule has 0 bridgehead atoms. The maximum atomic E-state index is 6.76. The number of hydrogen-bond acceptors (Lipinski definition) is 4. The molecule has 9 aromatic rings. The first kappa shape index (κ1) is 27.0. The molecule has 1 aliphatic carbocycles. The molecule has 4 heteroatoms. The van der Waals surface area contributed by atoms with E-state index in [-0.39, 0.29) is 0 Å². The second-order valence-electron chi connectivity index (χ2n) is 12.9. The molecule has 0 spiro atoms. The van der Waals surface area contributed by atoms with Crippen LogP contribution in [0.5, 0.6) is 0 Å². The van der Waals surface area contributed by atoms with Crippen molar-refractivity contribution in [3.63, 3.8) is 0 Å². The highest BCUT2D eigenvalue weighted by Gasteiger charge is 2.22. The second kappa shape index (κ2) is 10.4. The lowest BCUT2D eigenvalue weighted by Crippen LogP contribution is -2.03. The van der Waals surface area contributed by atoms with Gasteiger partial charge in [0.2, 0.25) is 0 Å². The Morgan fingerprint density at radius 2 is 1.17 bits per heavy atom. The topological polar surface area (TPSA) is 51.8 Å². The first-order chi connectivity index (χ1) is 23.7. The molecule has 0 aliphatic heterocycles. The third kappa shape index (κ3) is 4.19. The smallest absolute Gasteiger partial charge is 0.164 e. The number of benzene rings is 7. The molecular weight excluding hydrogens is 587 g/mol. The van der Waals surface area contributed by atoms with Gasteiger partial charge in [0.25, 0.3) is 0 Å². The van der Waals surface area contributed by atoms with Crippen LogP contribution in [0.15, 0.2) is 138 Å². The van der Waals surface area contributed by atoms with Gasteiger partial charge in [-0.25, -0.2) is 15.0 Å². The largest absolute Gasteiger partial charge is 0.455 e. The van der Waals surface area contributed by atoms with Crippen LogP contribution < -0.4 is 0 Å². The summed E-state index contributed by atoms with van der Waals surface area (Å²) in [4.78, 5) is 14.8.